The lowest BCUT2D eigenvalue weighted by Gasteiger charge is -2.15. The van der Waals surface area contributed by atoms with Crippen LogP contribution in [0.2, 0.25) is 0 Å². The predicted octanol–water partition coefficient (Wildman–Crippen LogP) is 2.02. The van der Waals surface area contributed by atoms with E-state index >= 15 is 0 Å². The van der Waals surface area contributed by atoms with Crippen LogP contribution in [0.4, 0.5) is 4.39 Å². The molecule has 1 heterocycles. The van der Waals surface area contributed by atoms with Gasteiger partial charge in [-0.25, -0.2) is 14.1 Å². The van der Waals surface area contributed by atoms with Gasteiger partial charge < -0.3 is 10.4 Å². The number of rotatable bonds is 5. The van der Waals surface area contributed by atoms with Crippen molar-refractivity contribution in [2.45, 2.75) is 32.9 Å². The van der Waals surface area contributed by atoms with Crippen LogP contribution < -0.4 is 5.32 Å². The molecule has 2 N–H and O–H groups in total. The highest BCUT2D eigenvalue weighted by atomic mass is 19.1. The first-order valence-electron chi connectivity index (χ1n) is 6.70. The van der Waals surface area contributed by atoms with Gasteiger partial charge in [0.2, 0.25) is 0 Å². The molecule has 112 valence electrons. The van der Waals surface area contributed by atoms with Gasteiger partial charge in [0.25, 0.3) is 5.91 Å². The smallest absolute Gasteiger partial charge is 0.255 e. The summed E-state index contributed by atoms with van der Waals surface area (Å²) in [7, 11) is 0. The molecule has 1 aromatic heterocycles. The van der Waals surface area contributed by atoms with E-state index in [1.165, 1.54) is 12.4 Å². The summed E-state index contributed by atoms with van der Waals surface area (Å²) in [5.74, 6) is -0.854. The fourth-order valence-corrected chi connectivity index (χ4v) is 2.03. The molecule has 0 aliphatic carbocycles. The Kier molecular flexibility index (Phi) is 4.52. The maximum absolute atomic E-state index is 12.9. The number of carbonyl (C=O) groups excluding carboxylic acids is 1. The number of hydrogen-bond donors (Lipinski definition) is 2. The minimum Gasteiger partial charge on any atom is -0.507 e. The number of hydrogen-bond acceptors (Lipinski definition) is 4. The highest BCUT2D eigenvalue weighted by molar-refractivity contribution is 5.96. The van der Waals surface area contributed by atoms with E-state index in [0.29, 0.717) is 12.4 Å². The number of halogens is 1. The summed E-state index contributed by atoms with van der Waals surface area (Å²) in [6.45, 7) is 4.50. The lowest BCUT2D eigenvalue weighted by atomic mass is 10.1. The third-order valence-electron chi connectivity index (χ3n) is 3.02. The van der Waals surface area contributed by atoms with Crippen molar-refractivity contribution in [2.24, 2.45) is 0 Å². The fraction of sp³-hybridized carbons (Fsp3) is 0.357. The summed E-state index contributed by atoms with van der Waals surface area (Å²) in [4.78, 5) is 16.2. The van der Waals surface area contributed by atoms with Gasteiger partial charge in [0.05, 0.1) is 11.6 Å². The average Bonchev–Trinajstić information content (AvgIpc) is 2.87. The molecule has 0 radical (unpaired) electrons. The van der Waals surface area contributed by atoms with E-state index in [0.717, 1.165) is 18.6 Å². The van der Waals surface area contributed by atoms with Crippen molar-refractivity contribution in [1.29, 1.82) is 0 Å². The standard InChI is InChI=1S/C14H17FN4O2/c1-3-6-19-13(16-8-17-19)9(2)18-14(21)11-5-4-10(15)7-12(11)20/h4-5,7-9,20H,3,6H2,1-2H3,(H,18,21). The maximum Gasteiger partial charge on any atom is 0.255 e. The number of aryl methyl sites for hydroxylation is 1. The predicted molar refractivity (Wildman–Crippen MR) is 74.3 cm³/mol. The highest BCUT2D eigenvalue weighted by Crippen LogP contribution is 2.19. The Bertz CT molecular complexity index is 642. The molecule has 6 nitrogen and oxygen atoms in total. The van der Waals surface area contributed by atoms with E-state index in [1.54, 1.807) is 11.6 Å². The monoisotopic (exact) mass is 292 g/mol. The minimum atomic E-state index is -0.597. The zero-order valence-corrected chi connectivity index (χ0v) is 11.9. The summed E-state index contributed by atoms with van der Waals surface area (Å²) >= 11 is 0. The maximum atomic E-state index is 12.9. The topological polar surface area (TPSA) is 80.0 Å². The first-order chi connectivity index (χ1) is 10.0. The molecular formula is C14H17FN4O2. The zero-order valence-electron chi connectivity index (χ0n) is 11.9. The molecule has 0 aliphatic rings. The molecule has 0 aliphatic heterocycles. The van der Waals surface area contributed by atoms with Crippen molar-refractivity contribution in [1.82, 2.24) is 20.1 Å². The summed E-state index contributed by atoms with van der Waals surface area (Å²) < 4.78 is 14.6. The highest BCUT2D eigenvalue weighted by Gasteiger charge is 2.18. The number of nitrogens with one attached hydrogen (secondary N) is 1. The minimum absolute atomic E-state index is 0.0183. The molecule has 1 atom stereocenters. The summed E-state index contributed by atoms with van der Waals surface area (Å²) in [5, 5.41) is 16.4. The third kappa shape index (κ3) is 3.36. The van der Waals surface area contributed by atoms with Gasteiger partial charge in [0.15, 0.2) is 0 Å². The van der Waals surface area contributed by atoms with E-state index in [-0.39, 0.29) is 11.6 Å². The quantitative estimate of drug-likeness (QED) is 0.883. The molecule has 2 aromatic rings. The summed E-state index contributed by atoms with van der Waals surface area (Å²) in [6.07, 6.45) is 2.33. The molecule has 1 unspecified atom stereocenters. The van der Waals surface area contributed by atoms with Crippen LogP contribution in [0.5, 0.6) is 5.75 Å². The van der Waals surface area contributed by atoms with E-state index in [9.17, 15) is 14.3 Å². The molecule has 1 aromatic carbocycles. The van der Waals surface area contributed by atoms with Crippen LogP contribution in [0.25, 0.3) is 0 Å². The SMILES string of the molecule is CCCn1ncnc1C(C)NC(=O)c1ccc(F)cc1O. The first kappa shape index (κ1) is 15.0. The number of phenolic OH excluding ortho intramolecular Hbond substituents is 1. The van der Waals surface area contributed by atoms with Crippen LogP contribution in [-0.4, -0.2) is 25.8 Å². The van der Waals surface area contributed by atoms with Crippen molar-refractivity contribution in [3.63, 3.8) is 0 Å². The van der Waals surface area contributed by atoms with Gasteiger partial charge in [0.1, 0.15) is 23.7 Å². The molecule has 2 rings (SSSR count). The lowest BCUT2D eigenvalue weighted by molar-refractivity contribution is 0.0934. The van der Waals surface area contributed by atoms with Crippen molar-refractivity contribution >= 4 is 5.91 Å². The van der Waals surface area contributed by atoms with E-state index in [1.807, 2.05) is 6.92 Å². The normalized spacial score (nSPS) is 12.1. The van der Waals surface area contributed by atoms with Crippen molar-refractivity contribution in [3.8, 4) is 5.75 Å². The van der Waals surface area contributed by atoms with Gasteiger partial charge in [0, 0.05) is 12.6 Å². The molecule has 0 spiro atoms. The Morgan fingerprint density at radius 2 is 2.29 bits per heavy atom. The molecule has 21 heavy (non-hydrogen) atoms. The Labute approximate surface area is 121 Å². The van der Waals surface area contributed by atoms with Crippen LogP contribution in [0, 0.1) is 5.82 Å². The average molecular weight is 292 g/mol. The second kappa shape index (κ2) is 6.34. The first-order valence-corrected chi connectivity index (χ1v) is 6.70. The Hall–Kier alpha value is -2.44. The van der Waals surface area contributed by atoms with Crippen LogP contribution in [-0.2, 0) is 6.54 Å². The van der Waals surface area contributed by atoms with Gasteiger partial charge >= 0.3 is 0 Å². The van der Waals surface area contributed by atoms with Crippen LogP contribution >= 0.6 is 0 Å². The van der Waals surface area contributed by atoms with Crippen molar-refractivity contribution in [2.75, 3.05) is 0 Å². The van der Waals surface area contributed by atoms with Gasteiger partial charge in [-0.3, -0.25) is 4.79 Å². The molecule has 0 saturated heterocycles. The number of aromatic nitrogens is 3. The third-order valence-corrected chi connectivity index (χ3v) is 3.02. The van der Waals surface area contributed by atoms with Gasteiger partial charge in [-0.15, -0.1) is 0 Å². The summed E-state index contributed by atoms with van der Waals surface area (Å²) in [6, 6.07) is 2.89. The lowest BCUT2D eigenvalue weighted by Crippen LogP contribution is -2.29. The van der Waals surface area contributed by atoms with E-state index in [4.69, 9.17) is 0 Å². The van der Waals surface area contributed by atoms with Crippen LogP contribution in [0.1, 0.15) is 42.5 Å². The Morgan fingerprint density at radius 1 is 1.52 bits per heavy atom. The molecular weight excluding hydrogens is 275 g/mol. The van der Waals surface area contributed by atoms with Crippen molar-refractivity contribution in [3.05, 3.63) is 41.7 Å². The number of nitrogens with zero attached hydrogens (tertiary/aromatic N) is 3. The number of aromatic hydroxyl groups is 1. The van der Waals surface area contributed by atoms with Crippen LogP contribution in [0.15, 0.2) is 24.5 Å². The summed E-state index contributed by atoms with van der Waals surface area (Å²) in [5.41, 5.74) is 0.0183. The number of amides is 1. The molecule has 0 bridgehead atoms. The van der Waals surface area contributed by atoms with Gasteiger partial charge in [-0.1, -0.05) is 6.92 Å². The zero-order chi connectivity index (χ0) is 15.4. The van der Waals surface area contributed by atoms with E-state index < -0.39 is 17.5 Å². The second-order valence-electron chi connectivity index (χ2n) is 4.70. The van der Waals surface area contributed by atoms with E-state index in [2.05, 4.69) is 15.4 Å². The Morgan fingerprint density at radius 3 is 2.95 bits per heavy atom. The number of carbonyl (C=O) groups is 1. The second-order valence-corrected chi connectivity index (χ2v) is 4.70. The largest absolute Gasteiger partial charge is 0.507 e. The van der Waals surface area contributed by atoms with Gasteiger partial charge in [-0.2, -0.15) is 5.10 Å². The number of benzene rings is 1. The molecule has 1 amide bonds. The van der Waals surface area contributed by atoms with Crippen LogP contribution in [0.3, 0.4) is 0 Å². The Balaban J connectivity index is 2.13. The molecule has 7 heteroatoms. The molecule has 0 saturated carbocycles. The fourth-order valence-electron chi connectivity index (χ4n) is 2.03. The van der Waals surface area contributed by atoms with Crippen molar-refractivity contribution < 1.29 is 14.3 Å². The van der Waals surface area contributed by atoms with Gasteiger partial charge in [-0.05, 0) is 25.5 Å². The molecule has 0 fully saturated rings. The number of phenols is 1.